The van der Waals surface area contributed by atoms with Crippen molar-refractivity contribution in [3.63, 3.8) is 0 Å². The number of likely N-dealkylation sites (tertiary alicyclic amines) is 1. The van der Waals surface area contributed by atoms with E-state index in [9.17, 15) is 9.59 Å². The van der Waals surface area contributed by atoms with Gasteiger partial charge in [0.2, 0.25) is 5.78 Å². The number of amides is 1. The van der Waals surface area contributed by atoms with Crippen molar-refractivity contribution in [2.24, 2.45) is 0 Å². The number of hydrogen-bond donors (Lipinski definition) is 0. The van der Waals surface area contributed by atoms with Crippen molar-refractivity contribution in [1.29, 1.82) is 0 Å². The summed E-state index contributed by atoms with van der Waals surface area (Å²) in [7, 11) is -1.93. The molecule has 24 heavy (non-hydrogen) atoms. The predicted octanol–water partition coefficient (Wildman–Crippen LogP) is 3.94. The molecule has 0 saturated carbocycles. The third-order valence-electron chi connectivity index (χ3n) is 5.27. The van der Waals surface area contributed by atoms with Crippen molar-refractivity contribution in [1.82, 2.24) is 4.90 Å². The van der Waals surface area contributed by atoms with Crippen LogP contribution in [0.3, 0.4) is 0 Å². The molecule has 4 nitrogen and oxygen atoms in total. The molecule has 1 fully saturated rings. The molecule has 1 amide bonds. The van der Waals surface area contributed by atoms with E-state index >= 15 is 0 Å². The second kappa shape index (κ2) is 7.19. The lowest BCUT2D eigenvalue weighted by Gasteiger charge is -2.40. The topological polar surface area (TPSA) is 46.6 Å². The smallest absolute Gasteiger partial charge is 0.290 e. The summed E-state index contributed by atoms with van der Waals surface area (Å²) in [6, 6.07) is 9.70. The van der Waals surface area contributed by atoms with Gasteiger partial charge in [-0.25, -0.2) is 0 Å². The highest BCUT2D eigenvalue weighted by molar-refractivity contribution is 6.74. The predicted molar refractivity (Wildman–Crippen MR) is 98.3 cm³/mol. The van der Waals surface area contributed by atoms with Gasteiger partial charge in [0, 0.05) is 13.0 Å². The highest BCUT2D eigenvalue weighted by atomic mass is 28.4. The summed E-state index contributed by atoms with van der Waals surface area (Å²) in [6.07, 6.45) is 1.09. The number of hydrogen-bond acceptors (Lipinski definition) is 3. The molecule has 1 heterocycles. The van der Waals surface area contributed by atoms with E-state index in [0.29, 0.717) is 19.6 Å². The van der Waals surface area contributed by atoms with E-state index in [1.807, 2.05) is 30.3 Å². The fourth-order valence-electron chi connectivity index (χ4n) is 2.62. The summed E-state index contributed by atoms with van der Waals surface area (Å²) in [5.41, 5.74) is 1.03. The van der Waals surface area contributed by atoms with Crippen LogP contribution in [0.5, 0.6) is 0 Å². The molecule has 1 atom stereocenters. The third-order valence-corrected chi connectivity index (χ3v) is 9.77. The fourth-order valence-corrected chi connectivity index (χ4v) is 3.63. The fraction of sp³-hybridized carbons (Fsp3) is 0.579. The third kappa shape index (κ3) is 4.14. The first-order valence-electron chi connectivity index (χ1n) is 8.66. The van der Waals surface area contributed by atoms with E-state index in [1.54, 1.807) is 4.90 Å². The van der Waals surface area contributed by atoms with Crippen molar-refractivity contribution in [3.8, 4) is 0 Å². The Balaban J connectivity index is 2.24. The molecule has 0 aromatic heterocycles. The maximum Gasteiger partial charge on any atom is 0.290 e. The summed E-state index contributed by atoms with van der Waals surface area (Å²) in [6.45, 7) is 12.1. The Morgan fingerprint density at radius 1 is 1.17 bits per heavy atom. The number of ketones is 1. The maximum atomic E-state index is 12.4. The van der Waals surface area contributed by atoms with Crippen molar-refractivity contribution < 1.29 is 14.0 Å². The molecule has 1 aliphatic heterocycles. The molecule has 0 radical (unpaired) electrons. The largest absolute Gasteiger partial charge is 0.414 e. The average Bonchev–Trinajstić information content (AvgIpc) is 2.51. The van der Waals surface area contributed by atoms with Gasteiger partial charge in [-0.15, -0.1) is 0 Å². The van der Waals surface area contributed by atoms with Crippen LogP contribution in [-0.2, 0) is 14.0 Å². The van der Waals surface area contributed by atoms with Gasteiger partial charge in [-0.2, -0.15) is 0 Å². The van der Waals surface area contributed by atoms with Crippen LogP contribution in [0.2, 0.25) is 18.1 Å². The van der Waals surface area contributed by atoms with Crippen LogP contribution in [0, 0.1) is 0 Å². The lowest BCUT2D eigenvalue weighted by molar-refractivity contribution is -0.149. The van der Waals surface area contributed by atoms with E-state index in [-0.39, 0.29) is 22.8 Å². The Bertz CT molecular complexity index is 592. The lowest BCUT2D eigenvalue weighted by atomic mass is 10.0. The van der Waals surface area contributed by atoms with Gasteiger partial charge >= 0.3 is 0 Å². The Labute approximate surface area is 146 Å². The monoisotopic (exact) mass is 347 g/mol. The molecule has 1 aromatic carbocycles. The van der Waals surface area contributed by atoms with E-state index < -0.39 is 8.32 Å². The summed E-state index contributed by atoms with van der Waals surface area (Å²) in [5.74, 6) is -0.650. The maximum absolute atomic E-state index is 12.4. The minimum atomic E-state index is -1.93. The first kappa shape index (κ1) is 18.9. The van der Waals surface area contributed by atoms with E-state index in [0.717, 1.165) is 12.0 Å². The van der Waals surface area contributed by atoms with Crippen molar-refractivity contribution in [2.45, 2.75) is 57.8 Å². The number of carbonyl (C=O) groups is 2. The van der Waals surface area contributed by atoms with Gasteiger partial charge in [-0.3, -0.25) is 9.59 Å². The zero-order valence-electron chi connectivity index (χ0n) is 15.5. The molecular formula is C19H29NO3Si. The van der Waals surface area contributed by atoms with Crippen LogP contribution < -0.4 is 0 Å². The second-order valence-electron chi connectivity index (χ2n) is 8.02. The minimum absolute atomic E-state index is 0.107. The van der Waals surface area contributed by atoms with Gasteiger partial charge in [0.15, 0.2) is 8.32 Å². The van der Waals surface area contributed by atoms with Crippen molar-refractivity contribution >= 4 is 20.0 Å². The van der Waals surface area contributed by atoms with Gasteiger partial charge in [0.1, 0.15) is 0 Å². The molecule has 2 rings (SSSR count). The van der Waals surface area contributed by atoms with Gasteiger partial charge in [-0.05, 0) is 30.1 Å². The molecule has 1 aromatic rings. The van der Waals surface area contributed by atoms with Crippen LogP contribution in [-0.4, -0.2) is 38.1 Å². The van der Waals surface area contributed by atoms with Gasteiger partial charge < -0.3 is 9.33 Å². The standard InChI is InChI=1S/C19H29NO3Si/c1-19(2,3)24(4,5)23-14-16(15-10-7-6-8-11-15)20-13-9-12-17(21)18(20)22/h6-8,10-11,16H,9,12-14H2,1-5H3/t16-/m0/s1. The molecule has 0 bridgehead atoms. The molecule has 1 saturated heterocycles. The van der Waals surface area contributed by atoms with Crippen molar-refractivity contribution in [3.05, 3.63) is 35.9 Å². The number of Topliss-reactive ketones (excluding diaryl/α,β-unsaturated/α-hetero) is 1. The van der Waals surface area contributed by atoms with Crippen LogP contribution in [0.4, 0.5) is 0 Å². The zero-order valence-corrected chi connectivity index (χ0v) is 16.5. The number of piperidine rings is 1. The van der Waals surface area contributed by atoms with Crippen LogP contribution >= 0.6 is 0 Å². The Morgan fingerprint density at radius 3 is 2.38 bits per heavy atom. The highest BCUT2D eigenvalue weighted by Gasteiger charge is 2.39. The lowest BCUT2D eigenvalue weighted by Crippen LogP contribution is -2.48. The highest BCUT2D eigenvalue weighted by Crippen LogP contribution is 2.38. The first-order chi connectivity index (χ1) is 11.1. The number of benzene rings is 1. The molecule has 132 valence electrons. The Morgan fingerprint density at radius 2 is 1.79 bits per heavy atom. The molecule has 0 spiro atoms. The van der Waals surface area contributed by atoms with Crippen LogP contribution in [0.1, 0.15) is 45.2 Å². The van der Waals surface area contributed by atoms with Crippen molar-refractivity contribution in [2.75, 3.05) is 13.2 Å². The van der Waals surface area contributed by atoms with Crippen LogP contribution in [0.25, 0.3) is 0 Å². The normalized spacial score (nSPS) is 18.0. The van der Waals surface area contributed by atoms with Crippen LogP contribution in [0.15, 0.2) is 30.3 Å². The average molecular weight is 348 g/mol. The Kier molecular flexibility index (Phi) is 5.66. The van der Waals surface area contributed by atoms with E-state index in [2.05, 4.69) is 33.9 Å². The number of rotatable bonds is 5. The number of nitrogens with zero attached hydrogens (tertiary/aromatic N) is 1. The molecule has 0 unspecified atom stereocenters. The number of carbonyl (C=O) groups excluding carboxylic acids is 2. The minimum Gasteiger partial charge on any atom is -0.414 e. The summed E-state index contributed by atoms with van der Waals surface area (Å²) < 4.78 is 6.38. The molecule has 0 N–H and O–H groups in total. The van der Waals surface area contributed by atoms with Gasteiger partial charge in [0.05, 0.1) is 12.6 Å². The quantitative estimate of drug-likeness (QED) is 0.599. The molecule has 0 aliphatic carbocycles. The summed E-state index contributed by atoms with van der Waals surface area (Å²) >= 11 is 0. The SMILES string of the molecule is CC(C)(C)[Si](C)(C)OC[C@@H](c1ccccc1)N1CCCC(=O)C1=O. The summed E-state index contributed by atoms with van der Waals surface area (Å²) in [4.78, 5) is 26.0. The molecule has 5 heteroatoms. The summed E-state index contributed by atoms with van der Waals surface area (Å²) in [5, 5.41) is 0.107. The van der Waals surface area contributed by atoms with Gasteiger partial charge in [-0.1, -0.05) is 51.1 Å². The zero-order chi connectivity index (χ0) is 18.0. The molecular weight excluding hydrogens is 318 g/mol. The Hall–Kier alpha value is -1.46. The molecule has 1 aliphatic rings. The van der Waals surface area contributed by atoms with Gasteiger partial charge in [0.25, 0.3) is 5.91 Å². The van der Waals surface area contributed by atoms with E-state index in [1.165, 1.54) is 0 Å². The first-order valence-corrected chi connectivity index (χ1v) is 11.6. The van der Waals surface area contributed by atoms with E-state index in [4.69, 9.17) is 4.43 Å². The second-order valence-corrected chi connectivity index (χ2v) is 12.8.